The van der Waals surface area contributed by atoms with Gasteiger partial charge in [-0.3, -0.25) is 0 Å². The minimum atomic E-state index is -0.221. The van der Waals surface area contributed by atoms with Crippen molar-refractivity contribution in [1.82, 2.24) is 5.32 Å². The second-order valence-corrected chi connectivity index (χ2v) is 5.31. The van der Waals surface area contributed by atoms with Gasteiger partial charge in [0, 0.05) is 28.2 Å². The summed E-state index contributed by atoms with van der Waals surface area (Å²) in [7, 11) is 0. The van der Waals surface area contributed by atoms with Gasteiger partial charge in [-0.05, 0) is 31.2 Å². The van der Waals surface area contributed by atoms with Crippen LogP contribution in [0.2, 0.25) is 0 Å². The Hall–Kier alpha value is -1.39. The molecule has 0 unspecified atom stereocenters. The van der Waals surface area contributed by atoms with Gasteiger partial charge in [0.15, 0.2) is 0 Å². The molecule has 0 aliphatic rings. The Labute approximate surface area is 120 Å². The van der Waals surface area contributed by atoms with Crippen LogP contribution in [0.25, 0.3) is 0 Å². The van der Waals surface area contributed by atoms with Crippen LogP contribution in [0.5, 0.6) is 5.75 Å². The summed E-state index contributed by atoms with van der Waals surface area (Å²) in [6, 6.07) is 11.8. The zero-order chi connectivity index (χ0) is 13.8. The van der Waals surface area contributed by atoms with E-state index >= 15 is 0 Å². The van der Waals surface area contributed by atoms with Crippen molar-refractivity contribution in [1.29, 1.82) is 0 Å². The normalized spacial score (nSPS) is 12.4. The van der Waals surface area contributed by atoms with E-state index in [1.165, 1.54) is 6.07 Å². The van der Waals surface area contributed by atoms with Crippen molar-refractivity contribution in [2.45, 2.75) is 19.5 Å². The molecule has 2 aromatic carbocycles. The van der Waals surface area contributed by atoms with Crippen LogP contribution in [0.3, 0.4) is 0 Å². The molecule has 2 nitrogen and oxygen atoms in total. The highest BCUT2D eigenvalue weighted by Crippen LogP contribution is 2.23. The molecule has 4 heteroatoms. The Bertz CT molecular complexity index is 574. The smallest absolute Gasteiger partial charge is 0.127 e. The van der Waals surface area contributed by atoms with E-state index in [2.05, 4.69) is 21.2 Å². The number of phenolic OH excluding ortho intramolecular Hbond substituents is 1. The summed E-state index contributed by atoms with van der Waals surface area (Å²) in [5, 5.41) is 12.9. The number of benzene rings is 2. The minimum absolute atomic E-state index is 0.125. The van der Waals surface area contributed by atoms with Crippen LogP contribution < -0.4 is 5.32 Å². The highest BCUT2D eigenvalue weighted by molar-refractivity contribution is 9.10. The molecule has 0 saturated heterocycles. The summed E-state index contributed by atoms with van der Waals surface area (Å²) in [6.45, 7) is 2.37. The van der Waals surface area contributed by atoms with Crippen LogP contribution in [0.4, 0.5) is 4.39 Å². The zero-order valence-electron chi connectivity index (χ0n) is 10.5. The van der Waals surface area contributed by atoms with Gasteiger partial charge in [0.1, 0.15) is 11.6 Å². The number of hydrogen-bond donors (Lipinski definition) is 2. The summed E-state index contributed by atoms with van der Waals surface area (Å²) in [6.07, 6.45) is 0. The van der Waals surface area contributed by atoms with Gasteiger partial charge < -0.3 is 10.4 Å². The molecule has 0 aromatic heterocycles. The quantitative estimate of drug-likeness (QED) is 0.886. The van der Waals surface area contributed by atoms with Crippen molar-refractivity contribution in [3.63, 3.8) is 0 Å². The first-order chi connectivity index (χ1) is 9.08. The first-order valence-corrected chi connectivity index (χ1v) is 6.82. The maximum Gasteiger partial charge on any atom is 0.127 e. The molecule has 0 radical (unpaired) electrons. The summed E-state index contributed by atoms with van der Waals surface area (Å²) < 4.78 is 14.5. The molecule has 2 N–H and O–H groups in total. The lowest BCUT2D eigenvalue weighted by molar-refractivity contribution is 0.458. The Balaban J connectivity index is 2.06. The molecule has 0 saturated carbocycles. The third-order valence-electron chi connectivity index (χ3n) is 3.01. The molecule has 2 rings (SSSR count). The molecule has 19 heavy (non-hydrogen) atoms. The van der Waals surface area contributed by atoms with Crippen molar-refractivity contribution in [2.24, 2.45) is 0 Å². The SMILES string of the molecule is C[C@@H](NCc1cc(Br)ccc1O)c1ccccc1F. The summed E-state index contributed by atoms with van der Waals surface area (Å²) >= 11 is 3.36. The zero-order valence-corrected chi connectivity index (χ0v) is 12.1. The van der Waals surface area contributed by atoms with Gasteiger partial charge in [0.25, 0.3) is 0 Å². The third-order valence-corrected chi connectivity index (χ3v) is 3.51. The summed E-state index contributed by atoms with van der Waals surface area (Å²) in [4.78, 5) is 0. The monoisotopic (exact) mass is 323 g/mol. The van der Waals surface area contributed by atoms with E-state index in [1.807, 2.05) is 19.1 Å². The molecule has 2 aromatic rings. The predicted molar refractivity (Wildman–Crippen MR) is 77.5 cm³/mol. The molecule has 0 amide bonds. The van der Waals surface area contributed by atoms with Crippen molar-refractivity contribution in [3.05, 3.63) is 63.9 Å². The van der Waals surface area contributed by atoms with Crippen LogP contribution in [0.1, 0.15) is 24.1 Å². The van der Waals surface area contributed by atoms with Crippen LogP contribution in [0, 0.1) is 5.82 Å². The number of nitrogens with one attached hydrogen (secondary N) is 1. The van der Waals surface area contributed by atoms with Gasteiger partial charge in [0.2, 0.25) is 0 Å². The highest BCUT2D eigenvalue weighted by atomic mass is 79.9. The van der Waals surface area contributed by atoms with Gasteiger partial charge >= 0.3 is 0 Å². The lowest BCUT2D eigenvalue weighted by Crippen LogP contribution is -2.19. The second-order valence-electron chi connectivity index (χ2n) is 4.40. The van der Waals surface area contributed by atoms with E-state index in [-0.39, 0.29) is 17.6 Å². The van der Waals surface area contributed by atoms with E-state index in [0.29, 0.717) is 12.1 Å². The van der Waals surface area contributed by atoms with E-state index in [1.54, 1.807) is 24.3 Å². The van der Waals surface area contributed by atoms with Crippen molar-refractivity contribution in [3.8, 4) is 5.75 Å². The molecule has 0 spiro atoms. The van der Waals surface area contributed by atoms with E-state index < -0.39 is 0 Å². The minimum Gasteiger partial charge on any atom is -0.508 e. The average Bonchev–Trinajstić information content (AvgIpc) is 2.40. The maximum atomic E-state index is 13.6. The van der Waals surface area contributed by atoms with Crippen molar-refractivity contribution < 1.29 is 9.50 Å². The molecule has 0 fully saturated rings. The topological polar surface area (TPSA) is 32.3 Å². The molecule has 1 atom stereocenters. The molecule has 0 heterocycles. The Kier molecular flexibility index (Phi) is 4.56. The fourth-order valence-electron chi connectivity index (χ4n) is 1.89. The Morgan fingerprint density at radius 3 is 2.74 bits per heavy atom. The predicted octanol–water partition coefficient (Wildman–Crippen LogP) is 4.14. The fraction of sp³-hybridized carbons (Fsp3) is 0.200. The maximum absolute atomic E-state index is 13.6. The number of halogens is 2. The number of rotatable bonds is 4. The van der Waals surface area contributed by atoms with Crippen molar-refractivity contribution in [2.75, 3.05) is 0 Å². The standard InChI is InChI=1S/C15H15BrFNO/c1-10(13-4-2-3-5-14(13)17)18-9-11-8-12(16)6-7-15(11)19/h2-8,10,18-19H,9H2,1H3/t10-/m1/s1. The molecular weight excluding hydrogens is 309 g/mol. The van der Waals surface area contributed by atoms with Gasteiger partial charge in [-0.1, -0.05) is 34.1 Å². The van der Waals surface area contributed by atoms with Gasteiger partial charge in [-0.15, -0.1) is 0 Å². The Morgan fingerprint density at radius 2 is 2.00 bits per heavy atom. The Morgan fingerprint density at radius 1 is 1.26 bits per heavy atom. The van der Waals surface area contributed by atoms with Crippen LogP contribution in [0.15, 0.2) is 46.9 Å². The summed E-state index contributed by atoms with van der Waals surface area (Å²) in [5.41, 5.74) is 1.40. The first-order valence-electron chi connectivity index (χ1n) is 6.03. The van der Waals surface area contributed by atoms with Gasteiger partial charge in [0.05, 0.1) is 0 Å². The van der Waals surface area contributed by atoms with Gasteiger partial charge in [-0.25, -0.2) is 4.39 Å². The van der Waals surface area contributed by atoms with E-state index in [4.69, 9.17) is 0 Å². The van der Waals surface area contributed by atoms with E-state index in [0.717, 1.165) is 10.0 Å². The number of phenols is 1. The fourth-order valence-corrected chi connectivity index (χ4v) is 2.30. The lowest BCUT2D eigenvalue weighted by Gasteiger charge is -2.15. The highest BCUT2D eigenvalue weighted by Gasteiger charge is 2.10. The number of hydrogen-bond acceptors (Lipinski definition) is 2. The molecule has 0 aliphatic heterocycles. The van der Waals surface area contributed by atoms with Crippen molar-refractivity contribution >= 4 is 15.9 Å². The number of aromatic hydroxyl groups is 1. The molecule has 0 bridgehead atoms. The van der Waals surface area contributed by atoms with Gasteiger partial charge in [-0.2, -0.15) is 0 Å². The lowest BCUT2D eigenvalue weighted by atomic mass is 10.1. The van der Waals surface area contributed by atoms with Crippen LogP contribution in [-0.2, 0) is 6.54 Å². The molecule has 0 aliphatic carbocycles. The van der Waals surface area contributed by atoms with Crippen LogP contribution >= 0.6 is 15.9 Å². The van der Waals surface area contributed by atoms with E-state index in [9.17, 15) is 9.50 Å². The largest absolute Gasteiger partial charge is 0.508 e. The molecule has 100 valence electrons. The summed E-state index contributed by atoms with van der Waals surface area (Å²) in [5.74, 6) is 0.0115. The van der Waals surface area contributed by atoms with Crippen LogP contribution in [-0.4, -0.2) is 5.11 Å². The molecular formula is C15H15BrFNO. The average molecular weight is 324 g/mol. The second kappa shape index (κ2) is 6.17. The third kappa shape index (κ3) is 3.55. The first kappa shape index (κ1) is 14.0.